The molecule has 1 atom stereocenters. The summed E-state index contributed by atoms with van der Waals surface area (Å²) < 4.78 is 0. The maximum atomic E-state index is 3.19. The molecule has 0 radical (unpaired) electrons. The third kappa shape index (κ3) is 1.64. The Bertz CT molecular complexity index is 188. The Morgan fingerprint density at radius 1 is 1.70 bits per heavy atom. The third-order valence-corrected chi connectivity index (χ3v) is 1.90. The maximum absolute atomic E-state index is 3.19. The minimum Gasteiger partial charge on any atom is -0.0985 e. The van der Waals surface area contributed by atoms with Crippen LogP contribution in [0.1, 0.15) is 33.1 Å². The first-order valence-corrected chi connectivity index (χ1v) is 4.03. The Kier molecular flexibility index (Phi) is 2.57. The fourth-order valence-electron chi connectivity index (χ4n) is 1.21. The van der Waals surface area contributed by atoms with Crippen molar-refractivity contribution in [2.45, 2.75) is 33.1 Å². The summed E-state index contributed by atoms with van der Waals surface area (Å²) in [5, 5.41) is 0. The lowest BCUT2D eigenvalue weighted by atomic mass is 10.1. The fraction of sp³-hybridized carbons (Fsp3) is 0.600. The zero-order valence-corrected chi connectivity index (χ0v) is 6.78. The topological polar surface area (TPSA) is 0 Å². The smallest absolute Gasteiger partial charge is 0.00639 e. The summed E-state index contributed by atoms with van der Waals surface area (Å²) in [4.78, 5) is 0. The second-order valence-corrected chi connectivity index (χ2v) is 2.79. The Hall–Kier alpha value is -0.700. The van der Waals surface area contributed by atoms with Crippen LogP contribution in [0.2, 0.25) is 0 Å². The predicted octanol–water partition coefficient (Wildman–Crippen LogP) is 2.76. The molecule has 54 valence electrons. The van der Waals surface area contributed by atoms with Crippen molar-refractivity contribution in [2.24, 2.45) is 5.92 Å². The van der Waals surface area contributed by atoms with Gasteiger partial charge in [0.1, 0.15) is 0 Å². The molecule has 1 aliphatic carbocycles. The van der Waals surface area contributed by atoms with Crippen molar-refractivity contribution in [1.82, 2.24) is 0 Å². The van der Waals surface area contributed by atoms with E-state index >= 15 is 0 Å². The molecule has 0 heterocycles. The molecule has 0 aromatic heterocycles. The van der Waals surface area contributed by atoms with Crippen molar-refractivity contribution in [1.29, 1.82) is 0 Å². The molecule has 0 fully saturated rings. The number of rotatable bonds is 0. The van der Waals surface area contributed by atoms with E-state index in [1.807, 2.05) is 0 Å². The lowest BCUT2D eigenvalue weighted by molar-refractivity contribution is 0.685. The average Bonchev–Trinajstić information content (AvgIpc) is 2.31. The zero-order valence-electron chi connectivity index (χ0n) is 6.78. The summed E-state index contributed by atoms with van der Waals surface area (Å²) in [6.45, 7) is 4.34. The largest absolute Gasteiger partial charge is 0.0985 e. The molecule has 0 saturated carbocycles. The van der Waals surface area contributed by atoms with E-state index in [0.717, 1.165) is 12.3 Å². The second-order valence-electron chi connectivity index (χ2n) is 2.79. The van der Waals surface area contributed by atoms with Crippen LogP contribution >= 0.6 is 0 Å². The van der Waals surface area contributed by atoms with Crippen molar-refractivity contribution in [2.75, 3.05) is 0 Å². The molecule has 0 saturated heterocycles. The highest BCUT2D eigenvalue weighted by molar-refractivity contribution is 5.32. The molecule has 1 aliphatic rings. The molecule has 10 heavy (non-hydrogen) atoms. The van der Waals surface area contributed by atoms with Crippen LogP contribution in [0.4, 0.5) is 0 Å². The Balaban J connectivity index is 2.55. The summed E-state index contributed by atoms with van der Waals surface area (Å²) in [7, 11) is 0. The zero-order chi connectivity index (χ0) is 7.40. The predicted molar refractivity (Wildman–Crippen MR) is 44.5 cm³/mol. The van der Waals surface area contributed by atoms with E-state index in [0.29, 0.717) is 0 Å². The number of allylic oxidation sites excluding steroid dienone is 2. The SMILES string of the molecule is CCC#CC1=CCC[C@H]1C. The van der Waals surface area contributed by atoms with E-state index < -0.39 is 0 Å². The van der Waals surface area contributed by atoms with E-state index in [1.165, 1.54) is 18.4 Å². The van der Waals surface area contributed by atoms with E-state index in [-0.39, 0.29) is 0 Å². The van der Waals surface area contributed by atoms with Crippen LogP contribution in [0.15, 0.2) is 11.6 Å². The lowest BCUT2D eigenvalue weighted by Gasteiger charge is -1.98. The van der Waals surface area contributed by atoms with Crippen LogP contribution in [0.3, 0.4) is 0 Å². The number of hydrogen-bond donors (Lipinski definition) is 0. The second kappa shape index (κ2) is 3.46. The van der Waals surface area contributed by atoms with Crippen LogP contribution in [0, 0.1) is 17.8 Å². The van der Waals surface area contributed by atoms with Gasteiger partial charge in [-0.3, -0.25) is 0 Å². The Labute approximate surface area is 63.3 Å². The van der Waals surface area contributed by atoms with Gasteiger partial charge in [-0.25, -0.2) is 0 Å². The monoisotopic (exact) mass is 134 g/mol. The number of hydrogen-bond acceptors (Lipinski definition) is 0. The van der Waals surface area contributed by atoms with E-state index in [9.17, 15) is 0 Å². The van der Waals surface area contributed by atoms with Crippen LogP contribution in [-0.4, -0.2) is 0 Å². The van der Waals surface area contributed by atoms with Crippen molar-refractivity contribution >= 4 is 0 Å². The Morgan fingerprint density at radius 2 is 2.50 bits per heavy atom. The van der Waals surface area contributed by atoms with E-state index in [4.69, 9.17) is 0 Å². The normalized spacial score (nSPS) is 23.4. The van der Waals surface area contributed by atoms with Crippen molar-refractivity contribution in [3.8, 4) is 11.8 Å². The highest BCUT2D eigenvalue weighted by atomic mass is 14.1. The van der Waals surface area contributed by atoms with Crippen molar-refractivity contribution in [3.63, 3.8) is 0 Å². The van der Waals surface area contributed by atoms with Crippen LogP contribution in [-0.2, 0) is 0 Å². The van der Waals surface area contributed by atoms with Gasteiger partial charge in [0, 0.05) is 12.0 Å². The summed E-state index contributed by atoms with van der Waals surface area (Å²) in [5.41, 5.74) is 1.36. The van der Waals surface area contributed by atoms with E-state index in [2.05, 4.69) is 31.8 Å². The quantitative estimate of drug-likeness (QED) is 0.447. The highest BCUT2D eigenvalue weighted by Crippen LogP contribution is 2.23. The lowest BCUT2D eigenvalue weighted by Crippen LogP contribution is -1.88. The molecule has 0 N–H and O–H groups in total. The first kappa shape index (κ1) is 7.41. The first-order chi connectivity index (χ1) is 4.84. The first-order valence-electron chi connectivity index (χ1n) is 4.03. The van der Waals surface area contributed by atoms with Gasteiger partial charge in [0.05, 0.1) is 0 Å². The Morgan fingerprint density at radius 3 is 3.00 bits per heavy atom. The molecule has 0 nitrogen and oxygen atoms in total. The van der Waals surface area contributed by atoms with Crippen LogP contribution < -0.4 is 0 Å². The average molecular weight is 134 g/mol. The fourth-order valence-corrected chi connectivity index (χ4v) is 1.21. The molecule has 0 bridgehead atoms. The van der Waals surface area contributed by atoms with Gasteiger partial charge in [0.15, 0.2) is 0 Å². The molecule has 0 aromatic rings. The molecular weight excluding hydrogens is 120 g/mol. The summed E-state index contributed by atoms with van der Waals surface area (Å²) in [5.74, 6) is 7.02. The van der Waals surface area contributed by atoms with Gasteiger partial charge >= 0.3 is 0 Å². The van der Waals surface area contributed by atoms with Gasteiger partial charge < -0.3 is 0 Å². The van der Waals surface area contributed by atoms with Gasteiger partial charge in [0.25, 0.3) is 0 Å². The minimum absolute atomic E-state index is 0.721. The minimum atomic E-state index is 0.721. The van der Waals surface area contributed by atoms with Gasteiger partial charge in [-0.2, -0.15) is 0 Å². The molecule has 0 spiro atoms. The standard InChI is InChI=1S/C10H14/c1-3-4-7-10-8-5-6-9(10)2/h8-9H,3,5-6H2,1-2H3/t9-/m1/s1. The molecule has 0 aliphatic heterocycles. The van der Waals surface area contributed by atoms with Crippen molar-refractivity contribution in [3.05, 3.63) is 11.6 Å². The molecule has 1 rings (SSSR count). The summed E-state index contributed by atoms with van der Waals surface area (Å²) in [6, 6.07) is 0. The van der Waals surface area contributed by atoms with Gasteiger partial charge in [-0.15, -0.1) is 0 Å². The molecule has 0 heteroatoms. The molecule has 0 unspecified atom stereocenters. The molecule has 0 aromatic carbocycles. The van der Waals surface area contributed by atoms with Gasteiger partial charge in [-0.05, 0) is 18.8 Å². The molecule has 0 amide bonds. The van der Waals surface area contributed by atoms with E-state index in [1.54, 1.807) is 0 Å². The third-order valence-electron chi connectivity index (χ3n) is 1.90. The van der Waals surface area contributed by atoms with Gasteiger partial charge in [0.2, 0.25) is 0 Å². The van der Waals surface area contributed by atoms with Crippen LogP contribution in [0.5, 0.6) is 0 Å². The maximum Gasteiger partial charge on any atom is 0.00639 e. The highest BCUT2D eigenvalue weighted by Gasteiger charge is 2.10. The summed E-state index contributed by atoms with van der Waals surface area (Å²) >= 11 is 0. The van der Waals surface area contributed by atoms with Crippen molar-refractivity contribution < 1.29 is 0 Å². The molecular formula is C10H14. The van der Waals surface area contributed by atoms with Gasteiger partial charge in [-0.1, -0.05) is 31.8 Å². The summed E-state index contributed by atoms with van der Waals surface area (Å²) in [6.07, 6.45) is 5.78. The van der Waals surface area contributed by atoms with Crippen LogP contribution in [0.25, 0.3) is 0 Å².